The minimum atomic E-state index is -0.398. The Labute approximate surface area is 132 Å². The number of carbonyl (C=O) groups excluding carboxylic acids is 1. The Morgan fingerprint density at radius 2 is 1.95 bits per heavy atom. The Bertz CT molecular complexity index is 884. The summed E-state index contributed by atoms with van der Waals surface area (Å²) in [5.41, 5.74) is 1.65. The van der Waals surface area contributed by atoms with Gasteiger partial charge < -0.3 is 5.32 Å². The number of thiophene rings is 1. The van der Waals surface area contributed by atoms with Gasteiger partial charge in [0.15, 0.2) is 0 Å². The fourth-order valence-electron chi connectivity index (χ4n) is 2.20. The number of rotatable bonds is 3. The topological polar surface area (TPSA) is 52.9 Å². The summed E-state index contributed by atoms with van der Waals surface area (Å²) in [5.74, 6) is -0.398. The van der Waals surface area contributed by atoms with Crippen LogP contribution in [0.2, 0.25) is 0 Å². The third-order valence-electron chi connectivity index (χ3n) is 3.26. The molecule has 1 aromatic heterocycles. The Kier molecular flexibility index (Phi) is 3.99. The van der Waals surface area contributed by atoms with Gasteiger partial charge >= 0.3 is 0 Å². The summed E-state index contributed by atoms with van der Waals surface area (Å²) in [6.07, 6.45) is 1.59. The van der Waals surface area contributed by atoms with E-state index in [9.17, 15) is 10.1 Å². The van der Waals surface area contributed by atoms with Crippen LogP contribution in [-0.2, 0) is 4.79 Å². The zero-order chi connectivity index (χ0) is 15.4. The molecule has 0 aliphatic rings. The van der Waals surface area contributed by atoms with Crippen molar-refractivity contribution in [2.75, 3.05) is 5.32 Å². The van der Waals surface area contributed by atoms with Gasteiger partial charge in [0, 0.05) is 11.1 Å². The Morgan fingerprint density at radius 1 is 1.14 bits per heavy atom. The molecular formula is C18H12N2OS. The van der Waals surface area contributed by atoms with E-state index in [1.54, 1.807) is 6.08 Å². The quantitative estimate of drug-likeness (QED) is 0.574. The zero-order valence-corrected chi connectivity index (χ0v) is 12.4. The normalized spacial score (nSPS) is 11.1. The number of anilines is 1. The number of hydrogen-bond donors (Lipinski definition) is 1. The molecule has 0 atom stereocenters. The van der Waals surface area contributed by atoms with Crippen LogP contribution in [0.25, 0.3) is 16.8 Å². The SMILES string of the molecule is N#C/C(=C\c1ccsc1)C(=O)Nc1cccc2ccccc12. The Balaban J connectivity index is 1.91. The maximum Gasteiger partial charge on any atom is 0.266 e. The van der Waals surface area contributed by atoms with Gasteiger partial charge in [-0.2, -0.15) is 16.6 Å². The molecule has 0 spiro atoms. The van der Waals surface area contributed by atoms with Crippen LogP contribution in [0.5, 0.6) is 0 Å². The van der Waals surface area contributed by atoms with E-state index in [0.717, 1.165) is 16.3 Å². The highest BCUT2D eigenvalue weighted by Crippen LogP contribution is 2.23. The lowest BCUT2D eigenvalue weighted by molar-refractivity contribution is -0.112. The minimum Gasteiger partial charge on any atom is -0.321 e. The molecule has 0 aliphatic heterocycles. The fraction of sp³-hybridized carbons (Fsp3) is 0. The maximum absolute atomic E-state index is 12.3. The summed E-state index contributed by atoms with van der Waals surface area (Å²) in [4.78, 5) is 12.3. The molecule has 2 aromatic carbocycles. The van der Waals surface area contributed by atoms with E-state index in [4.69, 9.17) is 0 Å². The monoisotopic (exact) mass is 304 g/mol. The van der Waals surface area contributed by atoms with Crippen molar-refractivity contribution in [2.24, 2.45) is 0 Å². The van der Waals surface area contributed by atoms with Gasteiger partial charge in [-0.05, 0) is 39.9 Å². The summed E-state index contributed by atoms with van der Waals surface area (Å²) in [6, 6.07) is 17.3. The molecule has 0 fully saturated rings. The number of hydrogen-bond acceptors (Lipinski definition) is 3. The van der Waals surface area contributed by atoms with Crippen molar-refractivity contribution in [3.63, 3.8) is 0 Å². The van der Waals surface area contributed by atoms with Crippen LogP contribution < -0.4 is 5.32 Å². The predicted molar refractivity (Wildman–Crippen MR) is 90.5 cm³/mol. The van der Waals surface area contributed by atoms with E-state index in [0.29, 0.717) is 5.69 Å². The first-order chi connectivity index (χ1) is 10.8. The number of carbonyl (C=O) groups is 1. The highest BCUT2D eigenvalue weighted by atomic mass is 32.1. The van der Waals surface area contributed by atoms with Crippen LogP contribution >= 0.6 is 11.3 Å². The third-order valence-corrected chi connectivity index (χ3v) is 3.96. The van der Waals surface area contributed by atoms with E-state index < -0.39 is 5.91 Å². The van der Waals surface area contributed by atoms with Crippen molar-refractivity contribution in [3.8, 4) is 6.07 Å². The molecule has 3 aromatic rings. The molecule has 1 heterocycles. The first-order valence-corrected chi connectivity index (χ1v) is 7.65. The van der Waals surface area contributed by atoms with Crippen LogP contribution in [0, 0.1) is 11.3 Å². The molecule has 3 nitrogen and oxygen atoms in total. The lowest BCUT2D eigenvalue weighted by Crippen LogP contribution is -2.13. The van der Waals surface area contributed by atoms with E-state index in [-0.39, 0.29) is 5.57 Å². The third kappa shape index (κ3) is 2.90. The molecule has 0 unspecified atom stereocenters. The second kappa shape index (κ2) is 6.25. The van der Waals surface area contributed by atoms with Gasteiger partial charge in [0.05, 0.1) is 0 Å². The molecule has 0 bridgehead atoms. The van der Waals surface area contributed by atoms with Gasteiger partial charge in [-0.25, -0.2) is 0 Å². The molecule has 3 rings (SSSR count). The molecule has 1 amide bonds. The van der Waals surface area contributed by atoms with E-state index in [1.165, 1.54) is 11.3 Å². The molecule has 1 N–H and O–H groups in total. The summed E-state index contributed by atoms with van der Waals surface area (Å²) in [6.45, 7) is 0. The van der Waals surface area contributed by atoms with Crippen LogP contribution in [0.1, 0.15) is 5.56 Å². The second-order valence-electron chi connectivity index (χ2n) is 4.71. The molecular weight excluding hydrogens is 292 g/mol. The van der Waals surface area contributed by atoms with Crippen molar-refractivity contribution in [2.45, 2.75) is 0 Å². The largest absolute Gasteiger partial charge is 0.321 e. The highest BCUT2D eigenvalue weighted by Gasteiger charge is 2.11. The highest BCUT2D eigenvalue weighted by molar-refractivity contribution is 7.08. The second-order valence-corrected chi connectivity index (χ2v) is 5.49. The lowest BCUT2D eigenvalue weighted by atomic mass is 10.1. The lowest BCUT2D eigenvalue weighted by Gasteiger charge is -2.08. The average molecular weight is 304 g/mol. The molecule has 106 valence electrons. The smallest absolute Gasteiger partial charge is 0.266 e. The summed E-state index contributed by atoms with van der Waals surface area (Å²) in [7, 11) is 0. The number of nitrogens with zero attached hydrogens (tertiary/aromatic N) is 1. The average Bonchev–Trinajstić information content (AvgIpc) is 3.06. The van der Waals surface area contributed by atoms with E-state index in [1.807, 2.05) is 65.4 Å². The van der Waals surface area contributed by atoms with Crippen molar-refractivity contribution < 1.29 is 4.79 Å². The number of fused-ring (bicyclic) bond motifs is 1. The molecule has 0 radical (unpaired) electrons. The number of benzene rings is 2. The Hall–Kier alpha value is -2.90. The van der Waals surface area contributed by atoms with Gasteiger partial charge in [-0.1, -0.05) is 36.4 Å². The van der Waals surface area contributed by atoms with E-state index in [2.05, 4.69) is 5.32 Å². The van der Waals surface area contributed by atoms with Gasteiger partial charge in [0.1, 0.15) is 11.6 Å². The number of amides is 1. The minimum absolute atomic E-state index is 0.0892. The van der Waals surface area contributed by atoms with E-state index >= 15 is 0 Å². The molecule has 4 heteroatoms. The fourth-order valence-corrected chi connectivity index (χ4v) is 2.81. The number of nitriles is 1. The summed E-state index contributed by atoms with van der Waals surface area (Å²) in [5, 5.41) is 17.8. The predicted octanol–water partition coefficient (Wildman–Crippen LogP) is 4.45. The van der Waals surface area contributed by atoms with Crippen LogP contribution in [0.15, 0.2) is 64.9 Å². The standard InChI is InChI=1S/C18H12N2OS/c19-11-15(10-13-8-9-22-12-13)18(21)20-17-7-3-5-14-4-1-2-6-16(14)17/h1-10,12H,(H,20,21)/b15-10+. The van der Waals surface area contributed by atoms with Crippen molar-refractivity contribution in [3.05, 3.63) is 70.4 Å². The van der Waals surface area contributed by atoms with Crippen LogP contribution in [0.3, 0.4) is 0 Å². The number of nitrogens with one attached hydrogen (secondary N) is 1. The maximum atomic E-state index is 12.3. The van der Waals surface area contributed by atoms with Gasteiger partial charge in [0.25, 0.3) is 5.91 Å². The van der Waals surface area contributed by atoms with Crippen molar-refractivity contribution in [1.82, 2.24) is 0 Å². The summed E-state index contributed by atoms with van der Waals surface area (Å²) >= 11 is 1.52. The summed E-state index contributed by atoms with van der Waals surface area (Å²) < 4.78 is 0. The van der Waals surface area contributed by atoms with Gasteiger partial charge in [0.2, 0.25) is 0 Å². The van der Waals surface area contributed by atoms with Crippen molar-refractivity contribution >= 4 is 39.8 Å². The first-order valence-electron chi connectivity index (χ1n) is 6.71. The van der Waals surface area contributed by atoms with Crippen LogP contribution in [0.4, 0.5) is 5.69 Å². The van der Waals surface area contributed by atoms with Gasteiger partial charge in [-0.15, -0.1) is 0 Å². The first kappa shape index (κ1) is 14.1. The van der Waals surface area contributed by atoms with Crippen molar-refractivity contribution in [1.29, 1.82) is 5.26 Å². The zero-order valence-electron chi connectivity index (χ0n) is 11.6. The van der Waals surface area contributed by atoms with Gasteiger partial charge in [-0.3, -0.25) is 4.79 Å². The molecule has 0 saturated heterocycles. The van der Waals surface area contributed by atoms with Crippen LogP contribution in [-0.4, -0.2) is 5.91 Å². The molecule has 0 aliphatic carbocycles. The Morgan fingerprint density at radius 3 is 2.73 bits per heavy atom. The molecule has 0 saturated carbocycles. The molecule has 22 heavy (non-hydrogen) atoms.